The molecule has 0 spiro atoms. The molecule has 1 aromatic rings. The van der Waals surface area contributed by atoms with Gasteiger partial charge in [0, 0.05) is 19.0 Å². The third kappa shape index (κ3) is 8.22. The van der Waals surface area contributed by atoms with Gasteiger partial charge in [-0.25, -0.2) is 13.2 Å². The van der Waals surface area contributed by atoms with Crippen LogP contribution in [-0.4, -0.2) is 73.4 Å². The first kappa shape index (κ1) is 29.1. The zero-order valence-corrected chi connectivity index (χ0v) is 22.5. The van der Waals surface area contributed by atoms with E-state index >= 15 is 0 Å². The maximum absolute atomic E-state index is 13.3. The Morgan fingerprint density at radius 2 is 1.77 bits per heavy atom. The van der Waals surface area contributed by atoms with Crippen LogP contribution in [0.1, 0.15) is 45.1 Å². The average molecular weight is 528 g/mol. The fourth-order valence-corrected chi connectivity index (χ4v) is 5.67. The highest BCUT2D eigenvalue weighted by molar-refractivity contribution is 7.98. The Labute approximate surface area is 212 Å². The third-order valence-electron chi connectivity index (χ3n) is 6.49. The van der Waals surface area contributed by atoms with E-state index in [0.717, 1.165) is 5.56 Å². The minimum Gasteiger partial charge on any atom is -0.480 e. The standard InChI is InChI=1S/C24H37N3O6S2/c1-5-17(3)21(24(30)31)25-22(28)18-10-13-27(14-11-18)23(29)20(12-15-34-4)26-35(32,33)19-8-6-16(2)7-9-19/h6-9,17-18,20-21,26H,5,10-15H2,1-4H3,(H,25,28)(H,30,31)/t17?,20-,21-/m0/s1. The van der Waals surface area contributed by atoms with Gasteiger partial charge in [0.15, 0.2) is 0 Å². The molecular weight excluding hydrogens is 490 g/mol. The number of carbonyl (C=O) groups is 3. The van der Waals surface area contributed by atoms with Crippen LogP contribution in [0.5, 0.6) is 0 Å². The van der Waals surface area contributed by atoms with Crippen molar-refractivity contribution in [3.05, 3.63) is 29.8 Å². The summed E-state index contributed by atoms with van der Waals surface area (Å²) in [4.78, 5) is 39.2. The molecule has 1 saturated heterocycles. The molecule has 0 radical (unpaired) electrons. The van der Waals surface area contributed by atoms with Crippen LogP contribution in [0, 0.1) is 18.8 Å². The second kappa shape index (κ2) is 13.3. The Hall–Kier alpha value is -2.11. The number of aryl methyl sites for hydroxylation is 1. The first-order chi connectivity index (χ1) is 16.5. The Morgan fingerprint density at radius 1 is 1.17 bits per heavy atom. The number of carboxylic acids is 1. The molecule has 1 aliphatic rings. The maximum Gasteiger partial charge on any atom is 0.326 e. The number of carboxylic acid groups (broad SMARTS) is 1. The Balaban J connectivity index is 2.03. The molecule has 35 heavy (non-hydrogen) atoms. The molecule has 1 heterocycles. The number of aliphatic carboxylic acids is 1. The predicted octanol–water partition coefficient (Wildman–Crippen LogP) is 2.25. The summed E-state index contributed by atoms with van der Waals surface area (Å²) in [5, 5.41) is 12.1. The van der Waals surface area contributed by atoms with Crippen molar-refractivity contribution in [3.63, 3.8) is 0 Å². The van der Waals surface area contributed by atoms with Gasteiger partial charge in [-0.05, 0) is 56.2 Å². The monoisotopic (exact) mass is 527 g/mol. The molecule has 0 saturated carbocycles. The van der Waals surface area contributed by atoms with E-state index in [-0.39, 0.29) is 28.5 Å². The van der Waals surface area contributed by atoms with Gasteiger partial charge in [-0.2, -0.15) is 16.5 Å². The molecule has 1 fully saturated rings. The van der Waals surface area contributed by atoms with Gasteiger partial charge in [-0.3, -0.25) is 9.59 Å². The summed E-state index contributed by atoms with van der Waals surface area (Å²) in [6, 6.07) is 4.60. The summed E-state index contributed by atoms with van der Waals surface area (Å²) >= 11 is 1.53. The van der Waals surface area contributed by atoms with E-state index in [1.165, 1.54) is 23.9 Å². The van der Waals surface area contributed by atoms with Crippen LogP contribution in [0.3, 0.4) is 0 Å². The molecule has 2 rings (SSSR count). The zero-order chi connectivity index (χ0) is 26.2. The summed E-state index contributed by atoms with van der Waals surface area (Å²) in [5.74, 6) is -1.66. The lowest BCUT2D eigenvalue weighted by Gasteiger charge is -2.34. The second-order valence-electron chi connectivity index (χ2n) is 9.08. The van der Waals surface area contributed by atoms with Crippen LogP contribution in [0.25, 0.3) is 0 Å². The maximum atomic E-state index is 13.3. The number of nitrogens with one attached hydrogen (secondary N) is 2. The van der Waals surface area contributed by atoms with E-state index in [2.05, 4.69) is 10.0 Å². The number of rotatable bonds is 12. The van der Waals surface area contributed by atoms with Gasteiger partial charge in [-0.15, -0.1) is 0 Å². The highest BCUT2D eigenvalue weighted by Gasteiger charge is 2.34. The van der Waals surface area contributed by atoms with E-state index in [9.17, 15) is 27.9 Å². The van der Waals surface area contributed by atoms with Gasteiger partial charge < -0.3 is 15.3 Å². The molecule has 1 aliphatic heterocycles. The Kier molecular flexibility index (Phi) is 11.0. The zero-order valence-electron chi connectivity index (χ0n) is 20.8. The number of carbonyl (C=O) groups excluding carboxylic acids is 2. The van der Waals surface area contributed by atoms with Crippen molar-refractivity contribution in [2.75, 3.05) is 25.1 Å². The van der Waals surface area contributed by atoms with Crippen molar-refractivity contribution in [2.45, 2.75) is 63.4 Å². The largest absolute Gasteiger partial charge is 0.480 e. The van der Waals surface area contributed by atoms with Gasteiger partial charge >= 0.3 is 5.97 Å². The Morgan fingerprint density at radius 3 is 2.29 bits per heavy atom. The number of likely N-dealkylation sites (tertiary alicyclic amines) is 1. The lowest BCUT2D eigenvalue weighted by atomic mass is 9.93. The van der Waals surface area contributed by atoms with E-state index in [4.69, 9.17) is 0 Å². The molecule has 1 aromatic carbocycles. The normalized spacial score (nSPS) is 17.4. The number of sulfonamides is 1. The molecule has 3 N–H and O–H groups in total. The molecule has 0 aromatic heterocycles. The quantitative estimate of drug-likeness (QED) is 0.380. The van der Waals surface area contributed by atoms with Gasteiger partial charge in [0.25, 0.3) is 0 Å². The molecular formula is C24H37N3O6S2. The van der Waals surface area contributed by atoms with Crippen LogP contribution < -0.4 is 10.0 Å². The van der Waals surface area contributed by atoms with Crippen LogP contribution in [0.4, 0.5) is 0 Å². The lowest BCUT2D eigenvalue weighted by Crippen LogP contribution is -2.53. The topological polar surface area (TPSA) is 133 Å². The van der Waals surface area contributed by atoms with Crippen molar-refractivity contribution in [1.29, 1.82) is 0 Å². The fourth-order valence-electron chi connectivity index (χ4n) is 3.98. The summed E-state index contributed by atoms with van der Waals surface area (Å²) < 4.78 is 28.4. The molecule has 0 aliphatic carbocycles. The number of hydrogen-bond donors (Lipinski definition) is 3. The average Bonchev–Trinajstić information content (AvgIpc) is 2.84. The second-order valence-corrected chi connectivity index (χ2v) is 11.8. The first-order valence-electron chi connectivity index (χ1n) is 11.9. The SMILES string of the molecule is CCC(C)[C@H](NC(=O)C1CCN(C(=O)[C@H](CCSC)NS(=O)(=O)c2ccc(C)cc2)CC1)C(=O)O. The van der Waals surface area contributed by atoms with Crippen LogP contribution >= 0.6 is 11.8 Å². The number of nitrogens with zero attached hydrogens (tertiary/aromatic N) is 1. The van der Waals surface area contributed by atoms with Crippen molar-refractivity contribution in [1.82, 2.24) is 14.9 Å². The van der Waals surface area contributed by atoms with Gasteiger partial charge in [0.05, 0.1) is 4.90 Å². The smallest absolute Gasteiger partial charge is 0.326 e. The minimum atomic E-state index is -3.87. The lowest BCUT2D eigenvalue weighted by molar-refractivity contribution is -0.144. The molecule has 1 unspecified atom stereocenters. The van der Waals surface area contributed by atoms with Crippen molar-refractivity contribution in [3.8, 4) is 0 Å². The van der Waals surface area contributed by atoms with Crippen molar-refractivity contribution >= 4 is 39.6 Å². The summed E-state index contributed by atoms with van der Waals surface area (Å²) in [7, 11) is -3.87. The number of benzene rings is 1. The minimum absolute atomic E-state index is 0.106. The van der Waals surface area contributed by atoms with E-state index in [0.29, 0.717) is 44.5 Å². The summed E-state index contributed by atoms with van der Waals surface area (Å²) in [6.07, 6.45) is 3.65. The molecule has 0 bridgehead atoms. The van der Waals surface area contributed by atoms with Crippen molar-refractivity contribution in [2.24, 2.45) is 11.8 Å². The van der Waals surface area contributed by atoms with Gasteiger partial charge in [0.2, 0.25) is 21.8 Å². The van der Waals surface area contributed by atoms with Crippen molar-refractivity contribution < 1.29 is 27.9 Å². The van der Waals surface area contributed by atoms with Gasteiger partial charge in [0.1, 0.15) is 12.1 Å². The highest BCUT2D eigenvalue weighted by atomic mass is 32.2. The molecule has 3 atom stereocenters. The predicted molar refractivity (Wildman–Crippen MR) is 137 cm³/mol. The van der Waals surface area contributed by atoms with Crippen LogP contribution in [0.2, 0.25) is 0 Å². The number of amides is 2. The molecule has 11 heteroatoms. The molecule has 196 valence electrons. The number of hydrogen-bond acceptors (Lipinski definition) is 6. The van der Waals surface area contributed by atoms with Crippen LogP contribution in [0.15, 0.2) is 29.2 Å². The molecule has 9 nitrogen and oxygen atoms in total. The third-order valence-corrected chi connectivity index (χ3v) is 8.62. The summed E-state index contributed by atoms with van der Waals surface area (Å²) in [5.41, 5.74) is 0.935. The Bertz CT molecular complexity index is 975. The van der Waals surface area contributed by atoms with Gasteiger partial charge in [-0.1, -0.05) is 38.0 Å². The van der Waals surface area contributed by atoms with E-state index < -0.39 is 28.1 Å². The fraction of sp³-hybridized carbons (Fsp3) is 0.625. The van der Waals surface area contributed by atoms with E-state index in [1.54, 1.807) is 24.0 Å². The van der Waals surface area contributed by atoms with Crippen LogP contribution in [-0.2, 0) is 24.4 Å². The first-order valence-corrected chi connectivity index (χ1v) is 14.8. The number of piperidine rings is 1. The highest BCUT2D eigenvalue weighted by Crippen LogP contribution is 2.21. The summed E-state index contributed by atoms with van der Waals surface area (Å²) in [6.45, 7) is 6.13. The molecule has 2 amide bonds. The van der Waals surface area contributed by atoms with E-state index in [1.807, 2.05) is 20.1 Å². The number of thioether (sulfide) groups is 1.